The Kier molecular flexibility index (Phi) is 4.83. The normalized spacial score (nSPS) is 21.6. The summed E-state index contributed by atoms with van der Waals surface area (Å²) in [6.07, 6.45) is 2.73. The number of carboxylic acids is 1. The molecule has 1 amide bonds. The van der Waals surface area contributed by atoms with Crippen LogP contribution in [0.25, 0.3) is 0 Å². The van der Waals surface area contributed by atoms with Gasteiger partial charge < -0.3 is 10.0 Å². The topological polar surface area (TPSA) is 95.0 Å². The highest BCUT2D eigenvalue weighted by atomic mass is 32.2. The third-order valence-electron chi connectivity index (χ3n) is 4.94. The van der Waals surface area contributed by atoms with E-state index < -0.39 is 27.9 Å². The van der Waals surface area contributed by atoms with Gasteiger partial charge in [-0.05, 0) is 50.3 Å². The van der Waals surface area contributed by atoms with Gasteiger partial charge in [0.15, 0.2) is 0 Å². The average molecular weight is 366 g/mol. The lowest BCUT2D eigenvalue weighted by Gasteiger charge is -2.23. The van der Waals surface area contributed by atoms with Gasteiger partial charge in [-0.3, -0.25) is 4.79 Å². The van der Waals surface area contributed by atoms with Crippen molar-refractivity contribution in [2.45, 2.75) is 43.5 Å². The van der Waals surface area contributed by atoms with E-state index in [1.807, 2.05) is 0 Å². The number of carbonyl (C=O) groups excluding carboxylic acids is 1. The molecular weight excluding hydrogens is 344 g/mol. The Balaban J connectivity index is 1.94. The molecule has 25 heavy (non-hydrogen) atoms. The molecule has 0 aliphatic carbocycles. The second-order valence-corrected chi connectivity index (χ2v) is 8.52. The van der Waals surface area contributed by atoms with Crippen LogP contribution < -0.4 is 0 Å². The van der Waals surface area contributed by atoms with Crippen LogP contribution in [0.2, 0.25) is 0 Å². The predicted molar refractivity (Wildman–Crippen MR) is 90.9 cm³/mol. The molecule has 0 spiro atoms. The van der Waals surface area contributed by atoms with Crippen LogP contribution in [0.1, 0.15) is 41.6 Å². The van der Waals surface area contributed by atoms with Crippen molar-refractivity contribution in [1.82, 2.24) is 9.21 Å². The van der Waals surface area contributed by atoms with Crippen LogP contribution in [-0.2, 0) is 14.8 Å². The lowest BCUT2D eigenvalue weighted by molar-refractivity contribution is -0.141. The Morgan fingerprint density at radius 2 is 1.80 bits per heavy atom. The fourth-order valence-electron chi connectivity index (χ4n) is 3.49. The summed E-state index contributed by atoms with van der Waals surface area (Å²) >= 11 is 0. The lowest BCUT2D eigenvalue weighted by atomic mass is 10.1. The number of carboxylic acid groups (broad SMARTS) is 1. The molecule has 2 saturated heterocycles. The van der Waals surface area contributed by atoms with Crippen LogP contribution in [0.4, 0.5) is 0 Å². The molecule has 1 aromatic carbocycles. The summed E-state index contributed by atoms with van der Waals surface area (Å²) in [5, 5.41) is 9.28. The van der Waals surface area contributed by atoms with Crippen LogP contribution in [-0.4, -0.2) is 60.3 Å². The average Bonchev–Trinajstić information content (AvgIpc) is 3.26. The van der Waals surface area contributed by atoms with Gasteiger partial charge in [-0.2, -0.15) is 4.31 Å². The first-order chi connectivity index (χ1) is 11.8. The molecule has 0 radical (unpaired) electrons. The molecule has 8 heteroatoms. The molecule has 136 valence electrons. The number of nitrogens with zero attached hydrogens (tertiary/aromatic N) is 2. The summed E-state index contributed by atoms with van der Waals surface area (Å²) in [7, 11) is -3.62. The Morgan fingerprint density at radius 3 is 2.44 bits per heavy atom. The zero-order chi connectivity index (χ0) is 18.2. The summed E-state index contributed by atoms with van der Waals surface area (Å²) in [6, 6.07) is 3.67. The number of hydrogen-bond acceptors (Lipinski definition) is 4. The monoisotopic (exact) mass is 366 g/mol. The predicted octanol–water partition coefficient (Wildman–Crippen LogP) is 1.47. The van der Waals surface area contributed by atoms with Crippen molar-refractivity contribution in [3.63, 3.8) is 0 Å². The Labute approximate surface area is 147 Å². The largest absolute Gasteiger partial charge is 0.480 e. The van der Waals surface area contributed by atoms with Crippen molar-refractivity contribution in [1.29, 1.82) is 0 Å². The van der Waals surface area contributed by atoms with Crippen molar-refractivity contribution < 1.29 is 23.1 Å². The zero-order valence-electron chi connectivity index (χ0n) is 14.1. The van der Waals surface area contributed by atoms with E-state index >= 15 is 0 Å². The standard InChI is InChI=1S/C17H22N2O5S/c1-12-6-7-13(25(23,24)18-8-2-3-9-18)11-14(12)16(20)19-10-4-5-15(19)17(21)22/h6-7,11,15H,2-5,8-10H2,1H3,(H,21,22). The number of benzene rings is 1. The van der Waals surface area contributed by atoms with Crippen LogP contribution >= 0.6 is 0 Å². The molecule has 1 N–H and O–H groups in total. The molecule has 0 saturated carbocycles. The highest BCUT2D eigenvalue weighted by Crippen LogP contribution is 2.26. The summed E-state index contributed by atoms with van der Waals surface area (Å²) in [5.41, 5.74) is 0.898. The van der Waals surface area contributed by atoms with Crippen LogP contribution in [0.5, 0.6) is 0 Å². The van der Waals surface area contributed by atoms with Gasteiger partial charge in [0.05, 0.1) is 4.90 Å². The maximum Gasteiger partial charge on any atom is 0.326 e. The first-order valence-corrected chi connectivity index (χ1v) is 9.91. The Hall–Kier alpha value is -1.93. The number of sulfonamides is 1. The minimum atomic E-state index is -3.62. The quantitative estimate of drug-likeness (QED) is 0.871. The van der Waals surface area contributed by atoms with E-state index in [4.69, 9.17) is 0 Å². The van der Waals surface area contributed by atoms with Crippen molar-refractivity contribution in [3.8, 4) is 0 Å². The summed E-state index contributed by atoms with van der Waals surface area (Å²) < 4.78 is 26.9. The van der Waals surface area contributed by atoms with E-state index in [0.717, 1.165) is 12.8 Å². The number of hydrogen-bond donors (Lipinski definition) is 1. The van der Waals surface area contributed by atoms with E-state index in [-0.39, 0.29) is 10.5 Å². The lowest BCUT2D eigenvalue weighted by Crippen LogP contribution is -2.40. The third-order valence-corrected chi connectivity index (χ3v) is 6.84. The number of likely N-dealkylation sites (tertiary alicyclic amines) is 1. The zero-order valence-corrected chi connectivity index (χ0v) is 15.0. The highest BCUT2D eigenvalue weighted by Gasteiger charge is 2.35. The molecule has 1 atom stereocenters. The Morgan fingerprint density at radius 1 is 1.12 bits per heavy atom. The molecule has 2 aliphatic rings. The summed E-state index contributed by atoms with van der Waals surface area (Å²) in [4.78, 5) is 25.6. The van der Waals surface area contributed by atoms with Gasteiger partial charge in [-0.15, -0.1) is 0 Å². The number of amides is 1. The maximum atomic E-state index is 12.8. The third kappa shape index (κ3) is 3.28. The molecule has 3 rings (SSSR count). The first-order valence-electron chi connectivity index (χ1n) is 8.47. The molecular formula is C17H22N2O5S. The van der Waals surface area contributed by atoms with E-state index in [1.54, 1.807) is 13.0 Å². The first kappa shape index (κ1) is 17.9. The fourth-order valence-corrected chi connectivity index (χ4v) is 5.03. The number of aliphatic carboxylic acids is 1. The van der Waals surface area contributed by atoms with Gasteiger partial charge >= 0.3 is 5.97 Å². The van der Waals surface area contributed by atoms with Crippen molar-refractivity contribution in [2.24, 2.45) is 0 Å². The molecule has 7 nitrogen and oxygen atoms in total. The summed E-state index contributed by atoms with van der Waals surface area (Å²) in [6.45, 7) is 3.09. The molecule has 2 heterocycles. The number of carbonyl (C=O) groups is 2. The number of rotatable bonds is 4. The van der Waals surface area contributed by atoms with E-state index in [1.165, 1.54) is 21.3 Å². The second-order valence-electron chi connectivity index (χ2n) is 6.58. The van der Waals surface area contributed by atoms with Crippen molar-refractivity contribution >= 4 is 21.9 Å². The van der Waals surface area contributed by atoms with E-state index in [9.17, 15) is 23.1 Å². The van der Waals surface area contributed by atoms with Gasteiger partial charge in [0, 0.05) is 25.2 Å². The molecule has 0 aromatic heterocycles. The molecule has 2 fully saturated rings. The number of aryl methyl sites for hydroxylation is 1. The minimum absolute atomic E-state index is 0.0921. The second kappa shape index (κ2) is 6.76. The summed E-state index contributed by atoms with van der Waals surface area (Å²) in [5.74, 6) is -1.44. The SMILES string of the molecule is Cc1ccc(S(=O)(=O)N2CCCC2)cc1C(=O)N1CCCC1C(=O)O. The maximum absolute atomic E-state index is 12.8. The minimum Gasteiger partial charge on any atom is -0.480 e. The fraction of sp³-hybridized carbons (Fsp3) is 0.529. The van der Waals surface area contributed by atoms with Crippen LogP contribution in [0.3, 0.4) is 0 Å². The van der Waals surface area contributed by atoms with Crippen LogP contribution in [0, 0.1) is 6.92 Å². The van der Waals surface area contributed by atoms with Crippen molar-refractivity contribution in [3.05, 3.63) is 29.3 Å². The van der Waals surface area contributed by atoms with Crippen LogP contribution in [0.15, 0.2) is 23.1 Å². The molecule has 1 unspecified atom stereocenters. The van der Waals surface area contributed by atoms with Crippen molar-refractivity contribution in [2.75, 3.05) is 19.6 Å². The van der Waals surface area contributed by atoms with E-state index in [2.05, 4.69) is 0 Å². The Bertz CT molecular complexity index is 799. The smallest absolute Gasteiger partial charge is 0.326 e. The van der Waals surface area contributed by atoms with Gasteiger partial charge in [-0.25, -0.2) is 13.2 Å². The molecule has 1 aromatic rings. The molecule has 2 aliphatic heterocycles. The highest BCUT2D eigenvalue weighted by molar-refractivity contribution is 7.89. The molecule has 0 bridgehead atoms. The van der Waals surface area contributed by atoms with Gasteiger partial charge in [-0.1, -0.05) is 6.07 Å². The van der Waals surface area contributed by atoms with E-state index in [0.29, 0.717) is 38.0 Å². The van der Waals surface area contributed by atoms with Gasteiger partial charge in [0.25, 0.3) is 5.91 Å². The van der Waals surface area contributed by atoms with Gasteiger partial charge in [0.2, 0.25) is 10.0 Å². The van der Waals surface area contributed by atoms with Gasteiger partial charge in [0.1, 0.15) is 6.04 Å².